The summed E-state index contributed by atoms with van der Waals surface area (Å²) in [6, 6.07) is 15.3. The lowest BCUT2D eigenvalue weighted by Gasteiger charge is -2.09. The van der Waals surface area contributed by atoms with Crippen molar-refractivity contribution in [2.45, 2.75) is 32.3 Å². The second-order valence-corrected chi connectivity index (χ2v) is 7.90. The van der Waals surface area contributed by atoms with Crippen molar-refractivity contribution in [3.8, 4) is 10.6 Å². The number of nitrogens with zero attached hydrogens (tertiary/aromatic N) is 2. The van der Waals surface area contributed by atoms with Crippen molar-refractivity contribution in [2.24, 2.45) is 0 Å². The third-order valence-corrected chi connectivity index (χ3v) is 5.53. The summed E-state index contributed by atoms with van der Waals surface area (Å²) in [6.07, 6.45) is -0.527. The molecule has 0 fully saturated rings. The molecule has 1 N–H and O–H groups in total. The lowest BCUT2D eigenvalue weighted by Crippen LogP contribution is -2.15. The summed E-state index contributed by atoms with van der Waals surface area (Å²) in [6.45, 7) is 4.29. The highest BCUT2D eigenvalue weighted by Crippen LogP contribution is 2.33. The van der Waals surface area contributed by atoms with Gasteiger partial charge in [-0.05, 0) is 17.5 Å². The SMILES string of the molecule is CC(C)c1ccc(-c2nnc(NC(=O)C[C@H]3OC(=O)c4ccccc43)s2)cc1. The van der Waals surface area contributed by atoms with E-state index in [1.54, 1.807) is 12.1 Å². The lowest BCUT2D eigenvalue weighted by atomic mass is 10.0. The number of cyclic esters (lactones) is 1. The van der Waals surface area contributed by atoms with Crippen molar-refractivity contribution in [1.29, 1.82) is 0 Å². The quantitative estimate of drug-likeness (QED) is 0.642. The first kappa shape index (κ1) is 18.3. The number of hydrogen-bond acceptors (Lipinski definition) is 6. The van der Waals surface area contributed by atoms with Gasteiger partial charge in [0.1, 0.15) is 11.1 Å². The van der Waals surface area contributed by atoms with E-state index in [9.17, 15) is 9.59 Å². The van der Waals surface area contributed by atoms with Gasteiger partial charge in [0.05, 0.1) is 12.0 Å². The predicted molar refractivity (Wildman–Crippen MR) is 107 cm³/mol. The number of esters is 1. The van der Waals surface area contributed by atoms with Crippen LogP contribution in [0.3, 0.4) is 0 Å². The molecule has 4 rings (SSSR count). The van der Waals surface area contributed by atoms with Crippen molar-refractivity contribution in [3.05, 3.63) is 65.2 Å². The first-order valence-electron chi connectivity index (χ1n) is 9.05. The second-order valence-electron chi connectivity index (χ2n) is 6.92. The van der Waals surface area contributed by atoms with Gasteiger partial charge in [-0.25, -0.2) is 4.79 Å². The molecule has 1 amide bonds. The molecule has 0 aliphatic carbocycles. The minimum atomic E-state index is -0.570. The number of ether oxygens (including phenoxy) is 1. The minimum absolute atomic E-state index is 0.0424. The second kappa shape index (κ2) is 7.52. The molecule has 1 aliphatic heterocycles. The van der Waals surface area contributed by atoms with Gasteiger partial charge in [-0.15, -0.1) is 10.2 Å². The van der Waals surface area contributed by atoms with Crippen LogP contribution < -0.4 is 5.32 Å². The Kier molecular flexibility index (Phi) is 4.92. The van der Waals surface area contributed by atoms with Crippen molar-refractivity contribution in [2.75, 3.05) is 5.32 Å². The van der Waals surface area contributed by atoms with Crippen LogP contribution in [0.25, 0.3) is 10.6 Å². The highest BCUT2D eigenvalue weighted by atomic mass is 32.1. The van der Waals surface area contributed by atoms with E-state index >= 15 is 0 Å². The molecule has 0 bridgehead atoms. The molecule has 1 aromatic heterocycles. The molecule has 0 unspecified atom stereocenters. The maximum Gasteiger partial charge on any atom is 0.339 e. The third kappa shape index (κ3) is 3.66. The molecule has 1 aliphatic rings. The molecule has 1 atom stereocenters. The zero-order valence-electron chi connectivity index (χ0n) is 15.5. The summed E-state index contributed by atoms with van der Waals surface area (Å²) < 4.78 is 5.31. The van der Waals surface area contributed by atoms with Crippen LogP contribution in [0.15, 0.2) is 48.5 Å². The molecular formula is C21H19N3O3S. The van der Waals surface area contributed by atoms with Gasteiger partial charge < -0.3 is 10.1 Å². The number of nitrogens with one attached hydrogen (secondary N) is 1. The smallest absolute Gasteiger partial charge is 0.339 e. The number of fused-ring (bicyclic) bond motifs is 1. The first-order valence-corrected chi connectivity index (χ1v) is 9.86. The van der Waals surface area contributed by atoms with Crippen LogP contribution in [0, 0.1) is 0 Å². The normalized spacial score (nSPS) is 15.4. The average Bonchev–Trinajstić information content (AvgIpc) is 3.27. The van der Waals surface area contributed by atoms with Crippen LogP contribution >= 0.6 is 11.3 Å². The molecular weight excluding hydrogens is 374 g/mol. The number of aromatic nitrogens is 2. The molecule has 2 aromatic carbocycles. The molecule has 142 valence electrons. The molecule has 7 heteroatoms. The molecule has 3 aromatic rings. The Morgan fingerprint density at radius 2 is 1.89 bits per heavy atom. The van der Waals surface area contributed by atoms with Gasteiger partial charge in [0, 0.05) is 11.1 Å². The first-order chi connectivity index (χ1) is 13.5. The summed E-state index contributed by atoms with van der Waals surface area (Å²) in [4.78, 5) is 24.3. The highest BCUT2D eigenvalue weighted by Gasteiger charge is 2.32. The van der Waals surface area contributed by atoms with Gasteiger partial charge in [-0.2, -0.15) is 0 Å². The standard InChI is InChI=1S/C21H19N3O3S/c1-12(2)13-7-9-14(10-8-13)19-23-24-21(28-19)22-18(25)11-17-15-5-3-4-6-16(15)20(26)27-17/h3-10,12,17H,11H2,1-2H3,(H,22,24,25)/t17-/m1/s1. The summed E-state index contributed by atoms with van der Waals surface area (Å²) >= 11 is 1.31. The fourth-order valence-electron chi connectivity index (χ4n) is 3.11. The Morgan fingerprint density at radius 1 is 1.14 bits per heavy atom. The van der Waals surface area contributed by atoms with Crippen LogP contribution in [0.5, 0.6) is 0 Å². The molecule has 6 nitrogen and oxygen atoms in total. The number of benzene rings is 2. The number of carbonyl (C=O) groups excluding carboxylic acids is 2. The number of anilines is 1. The Balaban J connectivity index is 1.42. The largest absolute Gasteiger partial charge is 0.453 e. The van der Waals surface area contributed by atoms with Crippen molar-refractivity contribution >= 4 is 28.3 Å². The molecule has 2 heterocycles. The monoisotopic (exact) mass is 393 g/mol. The number of hydrogen-bond donors (Lipinski definition) is 1. The van der Waals surface area contributed by atoms with Gasteiger partial charge in [-0.3, -0.25) is 4.79 Å². The van der Waals surface area contributed by atoms with E-state index in [0.29, 0.717) is 16.6 Å². The summed E-state index contributed by atoms with van der Waals surface area (Å²) in [5.41, 5.74) is 3.48. The maximum absolute atomic E-state index is 12.4. The summed E-state index contributed by atoms with van der Waals surface area (Å²) in [7, 11) is 0. The van der Waals surface area contributed by atoms with Gasteiger partial charge in [0.25, 0.3) is 0 Å². The molecule has 0 radical (unpaired) electrons. The fraction of sp³-hybridized carbons (Fsp3) is 0.238. The third-order valence-electron chi connectivity index (χ3n) is 4.64. The number of carbonyl (C=O) groups is 2. The van der Waals surface area contributed by atoms with Crippen LogP contribution in [0.1, 0.15) is 53.8 Å². The molecule has 0 saturated heterocycles. The number of amides is 1. The Bertz CT molecular complexity index is 1030. The van der Waals surface area contributed by atoms with Gasteiger partial charge >= 0.3 is 5.97 Å². The van der Waals surface area contributed by atoms with E-state index < -0.39 is 12.1 Å². The zero-order chi connectivity index (χ0) is 19.7. The lowest BCUT2D eigenvalue weighted by molar-refractivity contribution is -0.118. The molecule has 0 spiro atoms. The summed E-state index contributed by atoms with van der Waals surface area (Å²) in [5, 5.41) is 12.1. The van der Waals surface area contributed by atoms with E-state index in [1.807, 2.05) is 24.3 Å². The fourth-order valence-corrected chi connectivity index (χ4v) is 3.88. The van der Waals surface area contributed by atoms with Crippen LogP contribution in [0.4, 0.5) is 5.13 Å². The van der Waals surface area contributed by atoms with Crippen molar-refractivity contribution < 1.29 is 14.3 Å². The Hall–Kier alpha value is -3.06. The zero-order valence-corrected chi connectivity index (χ0v) is 16.3. The highest BCUT2D eigenvalue weighted by molar-refractivity contribution is 7.18. The summed E-state index contributed by atoms with van der Waals surface area (Å²) in [5.74, 6) is -0.197. The molecule has 28 heavy (non-hydrogen) atoms. The number of rotatable bonds is 5. The van der Waals surface area contributed by atoms with Gasteiger partial charge in [0.15, 0.2) is 0 Å². The van der Waals surface area contributed by atoms with Crippen LogP contribution in [0.2, 0.25) is 0 Å². The molecule has 0 saturated carbocycles. The Morgan fingerprint density at radius 3 is 2.64 bits per heavy atom. The maximum atomic E-state index is 12.4. The van der Waals surface area contributed by atoms with Gasteiger partial charge in [-0.1, -0.05) is 67.6 Å². The van der Waals surface area contributed by atoms with Crippen LogP contribution in [-0.4, -0.2) is 22.1 Å². The van der Waals surface area contributed by atoms with Crippen LogP contribution in [-0.2, 0) is 9.53 Å². The minimum Gasteiger partial charge on any atom is -0.453 e. The topological polar surface area (TPSA) is 81.2 Å². The van der Waals surface area contributed by atoms with Gasteiger partial charge in [0.2, 0.25) is 11.0 Å². The van der Waals surface area contributed by atoms with E-state index in [2.05, 4.69) is 41.5 Å². The van der Waals surface area contributed by atoms with Crippen molar-refractivity contribution in [1.82, 2.24) is 10.2 Å². The van der Waals surface area contributed by atoms with Crippen molar-refractivity contribution in [3.63, 3.8) is 0 Å². The Labute approximate surface area is 166 Å². The predicted octanol–water partition coefficient (Wildman–Crippen LogP) is 4.57. The van der Waals surface area contributed by atoms with E-state index in [1.165, 1.54) is 16.9 Å². The van der Waals surface area contributed by atoms with E-state index in [0.717, 1.165) is 16.1 Å². The van der Waals surface area contributed by atoms with E-state index in [4.69, 9.17) is 4.74 Å². The average molecular weight is 393 g/mol. The van der Waals surface area contributed by atoms with E-state index in [-0.39, 0.29) is 12.3 Å².